The van der Waals surface area contributed by atoms with Crippen LogP contribution >= 0.6 is 24.0 Å². The van der Waals surface area contributed by atoms with E-state index in [-0.39, 0.29) is 35.9 Å². The number of aromatic nitrogens is 1. The third kappa shape index (κ3) is 8.45. The van der Waals surface area contributed by atoms with Crippen molar-refractivity contribution in [2.75, 3.05) is 20.2 Å². The first kappa shape index (κ1) is 26.2. The Kier molecular flexibility index (Phi) is 10.0. The van der Waals surface area contributed by atoms with Crippen LogP contribution in [0.4, 0.5) is 13.2 Å². The predicted octanol–water partition coefficient (Wildman–Crippen LogP) is 3.97. The van der Waals surface area contributed by atoms with Crippen LogP contribution in [0.3, 0.4) is 0 Å². The van der Waals surface area contributed by atoms with Crippen LogP contribution < -0.4 is 15.4 Å². The first-order valence-electron chi connectivity index (χ1n) is 10.2. The van der Waals surface area contributed by atoms with Crippen molar-refractivity contribution in [3.63, 3.8) is 0 Å². The number of nitrogens with zero attached hydrogens (tertiary/aromatic N) is 3. The van der Waals surface area contributed by atoms with Crippen LogP contribution in [0.25, 0.3) is 0 Å². The minimum Gasteiger partial charge on any atom is -0.468 e. The lowest BCUT2D eigenvalue weighted by atomic mass is 10.2. The average Bonchev–Trinajstić information content (AvgIpc) is 3.09. The van der Waals surface area contributed by atoms with Gasteiger partial charge in [-0.2, -0.15) is 13.2 Å². The highest BCUT2D eigenvalue weighted by atomic mass is 127. The molecule has 0 radical (unpaired) electrons. The molecule has 2 unspecified atom stereocenters. The molecule has 1 aliphatic rings. The van der Waals surface area contributed by atoms with E-state index in [1.807, 2.05) is 6.07 Å². The van der Waals surface area contributed by atoms with Gasteiger partial charge in [-0.15, -0.1) is 24.0 Å². The molecule has 1 aliphatic heterocycles. The van der Waals surface area contributed by atoms with E-state index in [4.69, 9.17) is 4.74 Å². The molecule has 32 heavy (non-hydrogen) atoms. The fourth-order valence-corrected chi connectivity index (χ4v) is 3.61. The normalized spacial score (nSPS) is 19.3. The number of benzene rings is 1. The van der Waals surface area contributed by atoms with Crippen molar-refractivity contribution in [1.29, 1.82) is 0 Å². The maximum atomic E-state index is 12.3. The van der Waals surface area contributed by atoms with Gasteiger partial charge in [0, 0.05) is 51.0 Å². The predicted molar refractivity (Wildman–Crippen MR) is 129 cm³/mol. The Hall–Kier alpha value is -2.08. The summed E-state index contributed by atoms with van der Waals surface area (Å²) in [5, 5.41) is 6.65. The molecule has 1 fully saturated rings. The van der Waals surface area contributed by atoms with Crippen molar-refractivity contribution < 1.29 is 17.9 Å². The van der Waals surface area contributed by atoms with Crippen LogP contribution in [0, 0.1) is 0 Å². The molecule has 2 aromatic rings. The smallest absolute Gasteiger partial charge is 0.422 e. The number of pyridine rings is 1. The molecule has 3 rings (SSSR count). The Morgan fingerprint density at radius 1 is 1.22 bits per heavy atom. The van der Waals surface area contributed by atoms with Gasteiger partial charge >= 0.3 is 6.18 Å². The average molecular weight is 563 g/mol. The molecule has 0 spiro atoms. The molecule has 2 heterocycles. The lowest BCUT2D eigenvalue weighted by molar-refractivity contribution is -0.154. The van der Waals surface area contributed by atoms with Crippen molar-refractivity contribution >= 4 is 29.9 Å². The highest BCUT2D eigenvalue weighted by Crippen LogP contribution is 2.20. The van der Waals surface area contributed by atoms with Gasteiger partial charge in [-0.1, -0.05) is 30.3 Å². The summed E-state index contributed by atoms with van der Waals surface area (Å²) in [5.74, 6) is 0.592. The summed E-state index contributed by atoms with van der Waals surface area (Å²) in [6, 6.07) is 14.3. The van der Waals surface area contributed by atoms with Crippen LogP contribution in [-0.4, -0.2) is 54.3 Å². The van der Waals surface area contributed by atoms with Crippen LogP contribution in [0.5, 0.6) is 5.88 Å². The molecular formula is C22H29F3IN5O. The molecule has 1 saturated heterocycles. The molecule has 10 heteroatoms. The van der Waals surface area contributed by atoms with Gasteiger partial charge in [-0.3, -0.25) is 9.89 Å². The Bertz CT molecular complexity index is 866. The molecule has 6 nitrogen and oxygen atoms in total. The summed E-state index contributed by atoms with van der Waals surface area (Å²) in [7, 11) is 1.69. The van der Waals surface area contributed by atoms with Gasteiger partial charge in [0.25, 0.3) is 0 Å². The van der Waals surface area contributed by atoms with Crippen LogP contribution in [0.2, 0.25) is 0 Å². The topological polar surface area (TPSA) is 61.8 Å². The van der Waals surface area contributed by atoms with E-state index in [0.717, 1.165) is 25.1 Å². The van der Waals surface area contributed by atoms with Gasteiger partial charge in [0.1, 0.15) is 0 Å². The molecule has 0 bridgehead atoms. The van der Waals surface area contributed by atoms with E-state index in [0.29, 0.717) is 18.5 Å². The number of ether oxygens (including phenoxy) is 1. The molecular weight excluding hydrogens is 534 g/mol. The third-order valence-corrected chi connectivity index (χ3v) is 5.14. The number of aliphatic imine (C=N–C) groups is 1. The van der Waals surface area contributed by atoms with Gasteiger partial charge in [0.05, 0.1) is 0 Å². The maximum absolute atomic E-state index is 12.3. The second-order valence-electron chi connectivity index (χ2n) is 7.67. The molecule has 2 N–H and O–H groups in total. The summed E-state index contributed by atoms with van der Waals surface area (Å²) in [5.41, 5.74) is 2.04. The van der Waals surface area contributed by atoms with Crippen LogP contribution in [0.1, 0.15) is 24.5 Å². The Labute approximate surface area is 203 Å². The van der Waals surface area contributed by atoms with Crippen molar-refractivity contribution in [3.05, 3.63) is 59.8 Å². The van der Waals surface area contributed by atoms with Crippen molar-refractivity contribution in [3.8, 4) is 5.88 Å². The number of hydrogen-bond acceptors (Lipinski definition) is 4. The van der Waals surface area contributed by atoms with Crippen molar-refractivity contribution in [2.24, 2.45) is 4.99 Å². The van der Waals surface area contributed by atoms with Gasteiger partial charge in [-0.05, 0) is 30.5 Å². The zero-order chi connectivity index (χ0) is 22.3. The Morgan fingerprint density at radius 3 is 2.66 bits per heavy atom. The minimum atomic E-state index is -4.39. The van der Waals surface area contributed by atoms with E-state index >= 15 is 0 Å². The molecule has 0 aliphatic carbocycles. The number of alkyl halides is 3. The van der Waals surface area contributed by atoms with E-state index in [9.17, 15) is 13.2 Å². The zero-order valence-electron chi connectivity index (χ0n) is 18.1. The number of guanidine groups is 1. The molecule has 1 aromatic heterocycles. The second-order valence-corrected chi connectivity index (χ2v) is 7.67. The van der Waals surface area contributed by atoms with Crippen LogP contribution in [0.15, 0.2) is 53.7 Å². The highest BCUT2D eigenvalue weighted by Gasteiger charge is 2.30. The molecule has 1 aromatic carbocycles. The molecule has 0 amide bonds. The minimum absolute atomic E-state index is 0. The fourth-order valence-electron chi connectivity index (χ4n) is 3.61. The lowest BCUT2D eigenvalue weighted by Crippen LogP contribution is -2.44. The van der Waals surface area contributed by atoms with E-state index in [2.05, 4.69) is 56.7 Å². The summed E-state index contributed by atoms with van der Waals surface area (Å²) in [4.78, 5) is 10.5. The van der Waals surface area contributed by atoms with E-state index in [1.165, 1.54) is 17.8 Å². The number of rotatable bonds is 7. The van der Waals surface area contributed by atoms with Crippen LogP contribution in [-0.2, 0) is 13.1 Å². The highest BCUT2D eigenvalue weighted by molar-refractivity contribution is 14.0. The number of likely N-dealkylation sites (tertiary alicyclic amines) is 1. The van der Waals surface area contributed by atoms with Gasteiger partial charge in [0.15, 0.2) is 12.6 Å². The number of halogens is 4. The maximum Gasteiger partial charge on any atom is 0.422 e. The SMILES string of the molecule is CN=C(NCc1ccnc(OCC(F)(F)F)c1)NC1CC(C)N(Cc2ccccc2)C1.I. The number of nitrogens with one attached hydrogen (secondary N) is 2. The van der Waals surface area contributed by atoms with Gasteiger partial charge < -0.3 is 15.4 Å². The first-order chi connectivity index (χ1) is 14.8. The Morgan fingerprint density at radius 2 is 1.97 bits per heavy atom. The van der Waals surface area contributed by atoms with Gasteiger partial charge in [-0.25, -0.2) is 4.98 Å². The molecule has 0 saturated carbocycles. The van der Waals surface area contributed by atoms with Gasteiger partial charge in [0.2, 0.25) is 5.88 Å². The summed E-state index contributed by atoms with van der Waals surface area (Å²) >= 11 is 0. The standard InChI is InChI=1S/C22H28F3N5O.HI/c1-16-10-19(14-30(16)13-17-6-4-3-5-7-17)29-21(26-2)28-12-18-8-9-27-20(11-18)31-15-22(23,24)25;/h3-9,11,16,19H,10,12-15H2,1-2H3,(H2,26,28,29);1H. The summed E-state index contributed by atoms with van der Waals surface area (Å²) < 4.78 is 41.7. The molecule has 176 valence electrons. The zero-order valence-corrected chi connectivity index (χ0v) is 20.4. The third-order valence-electron chi connectivity index (χ3n) is 5.14. The van der Waals surface area contributed by atoms with E-state index < -0.39 is 12.8 Å². The Balaban J connectivity index is 0.00000363. The van der Waals surface area contributed by atoms with E-state index in [1.54, 1.807) is 13.1 Å². The van der Waals surface area contributed by atoms with Crippen molar-refractivity contribution in [1.82, 2.24) is 20.5 Å². The quantitative estimate of drug-likeness (QED) is 0.304. The van der Waals surface area contributed by atoms with Crippen molar-refractivity contribution in [2.45, 2.75) is 44.7 Å². The largest absolute Gasteiger partial charge is 0.468 e. The first-order valence-corrected chi connectivity index (χ1v) is 10.2. The fraction of sp³-hybridized carbons (Fsp3) is 0.455. The lowest BCUT2D eigenvalue weighted by Gasteiger charge is -2.21. The number of hydrogen-bond donors (Lipinski definition) is 2. The second kappa shape index (κ2) is 12.2. The summed E-state index contributed by atoms with van der Waals surface area (Å²) in [6.45, 7) is 3.06. The monoisotopic (exact) mass is 563 g/mol. The molecule has 2 atom stereocenters. The summed E-state index contributed by atoms with van der Waals surface area (Å²) in [6.07, 6.45) is -1.97.